The quantitative estimate of drug-likeness (QED) is 0.348. The molecule has 0 aromatic heterocycles. The van der Waals surface area contributed by atoms with E-state index in [1.54, 1.807) is 0 Å². The zero-order chi connectivity index (χ0) is 13.9. The van der Waals surface area contributed by atoms with E-state index in [0.29, 0.717) is 5.84 Å². The van der Waals surface area contributed by atoms with Crippen LogP contribution in [0.25, 0.3) is 0 Å². The van der Waals surface area contributed by atoms with Crippen LogP contribution in [0.1, 0.15) is 58.8 Å². The average Bonchev–Trinajstić information content (AvgIpc) is 2.81. The summed E-state index contributed by atoms with van der Waals surface area (Å²) in [6.45, 7) is 6.55. The lowest BCUT2D eigenvalue weighted by molar-refractivity contribution is 0.176. The minimum absolute atomic E-state index is 0.194. The third kappa shape index (κ3) is 3.41. The third-order valence-corrected chi connectivity index (χ3v) is 5.17. The molecule has 110 valence electrons. The maximum Gasteiger partial charge on any atom is 0.144 e. The molecule has 2 aliphatic rings. The molecule has 0 amide bonds. The van der Waals surface area contributed by atoms with Gasteiger partial charge in [0.2, 0.25) is 0 Å². The van der Waals surface area contributed by atoms with Gasteiger partial charge in [0.25, 0.3) is 0 Å². The van der Waals surface area contributed by atoms with Crippen molar-refractivity contribution in [1.82, 2.24) is 4.90 Å². The van der Waals surface area contributed by atoms with Crippen molar-refractivity contribution in [3.63, 3.8) is 0 Å². The summed E-state index contributed by atoms with van der Waals surface area (Å²) in [5.74, 6) is 1.32. The molecule has 1 saturated carbocycles. The summed E-state index contributed by atoms with van der Waals surface area (Å²) in [4.78, 5) is 2.69. The number of hydrogen-bond donors (Lipinski definition) is 2. The third-order valence-electron chi connectivity index (χ3n) is 5.17. The second kappa shape index (κ2) is 6.12. The van der Waals surface area contributed by atoms with Crippen molar-refractivity contribution in [1.29, 1.82) is 0 Å². The van der Waals surface area contributed by atoms with Gasteiger partial charge in [0, 0.05) is 11.5 Å². The maximum atomic E-state index is 8.79. The molecule has 1 saturated heterocycles. The smallest absolute Gasteiger partial charge is 0.144 e. The van der Waals surface area contributed by atoms with Crippen LogP contribution >= 0.6 is 0 Å². The Balaban J connectivity index is 1.77. The van der Waals surface area contributed by atoms with E-state index in [1.165, 1.54) is 45.2 Å². The van der Waals surface area contributed by atoms with Crippen LogP contribution in [-0.2, 0) is 0 Å². The van der Waals surface area contributed by atoms with Gasteiger partial charge in [-0.2, -0.15) is 0 Å². The number of likely N-dealkylation sites (tertiary alicyclic amines) is 1. The maximum absolute atomic E-state index is 8.79. The summed E-state index contributed by atoms with van der Waals surface area (Å²) in [6.07, 6.45) is 9.20. The predicted octanol–water partition coefficient (Wildman–Crippen LogP) is 2.80. The predicted molar refractivity (Wildman–Crippen MR) is 78.4 cm³/mol. The van der Waals surface area contributed by atoms with Gasteiger partial charge in [-0.25, -0.2) is 0 Å². The molecule has 0 aromatic carbocycles. The molecule has 19 heavy (non-hydrogen) atoms. The van der Waals surface area contributed by atoms with Gasteiger partial charge in [-0.1, -0.05) is 31.8 Å². The first-order valence-electron chi connectivity index (χ1n) is 7.76. The minimum atomic E-state index is -0.194. The number of amidine groups is 1. The van der Waals surface area contributed by atoms with Crippen molar-refractivity contribution in [3.05, 3.63) is 0 Å². The molecule has 0 spiro atoms. The van der Waals surface area contributed by atoms with Gasteiger partial charge in [-0.3, -0.25) is 0 Å². The molecular formula is C15H29N3O. The van der Waals surface area contributed by atoms with E-state index >= 15 is 0 Å². The van der Waals surface area contributed by atoms with Gasteiger partial charge in [0.05, 0.1) is 0 Å². The average molecular weight is 267 g/mol. The molecule has 0 aromatic rings. The van der Waals surface area contributed by atoms with E-state index < -0.39 is 0 Å². The summed E-state index contributed by atoms with van der Waals surface area (Å²) in [6, 6.07) is 0.848. The number of hydrogen-bond acceptors (Lipinski definition) is 3. The van der Waals surface area contributed by atoms with Gasteiger partial charge in [0.1, 0.15) is 5.84 Å². The van der Waals surface area contributed by atoms with E-state index in [-0.39, 0.29) is 5.41 Å². The van der Waals surface area contributed by atoms with Crippen LogP contribution in [0.2, 0.25) is 0 Å². The SMILES string of the molecule is CC(C)(CCCN1CCC2CCCCC21)C(N)=NO. The Morgan fingerprint density at radius 2 is 2.05 bits per heavy atom. The van der Waals surface area contributed by atoms with Crippen molar-refractivity contribution in [3.8, 4) is 0 Å². The van der Waals surface area contributed by atoms with E-state index in [0.717, 1.165) is 24.8 Å². The molecule has 0 bridgehead atoms. The van der Waals surface area contributed by atoms with Crippen LogP contribution in [0.3, 0.4) is 0 Å². The van der Waals surface area contributed by atoms with Crippen molar-refractivity contribution in [2.45, 2.75) is 64.8 Å². The lowest BCUT2D eigenvalue weighted by Crippen LogP contribution is -2.37. The van der Waals surface area contributed by atoms with Gasteiger partial charge < -0.3 is 15.8 Å². The molecule has 1 aliphatic heterocycles. The van der Waals surface area contributed by atoms with Crippen LogP contribution in [-0.4, -0.2) is 35.1 Å². The lowest BCUT2D eigenvalue weighted by Gasteiger charge is -2.32. The second-order valence-corrected chi connectivity index (χ2v) is 6.91. The van der Waals surface area contributed by atoms with Gasteiger partial charge in [-0.15, -0.1) is 0 Å². The molecule has 2 rings (SSSR count). The van der Waals surface area contributed by atoms with Crippen molar-refractivity contribution < 1.29 is 5.21 Å². The summed E-state index contributed by atoms with van der Waals surface area (Å²) in [5.41, 5.74) is 5.54. The highest BCUT2D eigenvalue weighted by Gasteiger charge is 2.35. The largest absolute Gasteiger partial charge is 0.409 e. The molecule has 3 N–H and O–H groups in total. The molecule has 1 heterocycles. The Morgan fingerprint density at radius 3 is 2.79 bits per heavy atom. The van der Waals surface area contributed by atoms with Crippen molar-refractivity contribution >= 4 is 5.84 Å². The Labute approximate surface area is 117 Å². The number of oxime groups is 1. The first-order valence-corrected chi connectivity index (χ1v) is 7.76. The van der Waals surface area contributed by atoms with E-state index in [9.17, 15) is 0 Å². The first-order chi connectivity index (χ1) is 9.04. The highest BCUT2D eigenvalue weighted by molar-refractivity contribution is 5.85. The number of nitrogens with zero attached hydrogens (tertiary/aromatic N) is 2. The molecule has 2 fully saturated rings. The van der Waals surface area contributed by atoms with Crippen LogP contribution in [0.15, 0.2) is 5.16 Å². The highest BCUT2D eigenvalue weighted by Crippen LogP contribution is 2.36. The summed E-state index contributed by atoms with van der Waals surface area (Å²) in [5, 5.41) is 11.9. The first kappa shape index (κ1) is 14.6. The zero-order valence-corrected chi connectivity index (χ0v) is 12.4. The zero-order valence-electron chi connectivity index (χ0n) is 12.4. The topological polar surface area (TPSA) is 61.8 Å². The number of nitrogens with two attached hydrogens (primary N) is 1. The lowest BCUT2D eigenvalue weighted by atomic mass is 9.84. The van der Waals surface area contributed by atoms with E-state index in [1.807, 2.05) is 0 Å². The van der Waals surface area contributed by atoms with Gasteiger partial charge >= 0.3 is 0 Å². The summed E-state index contributed by atoms with van der Waals surface area (Å²) < 4.78 is 0. The standard InChI is InChI=1S/C15H29N3O/c1-15(2,14(16)17-19)9-5-10-18-11-8-12-6-3-4-7-13(12)18/h12-13,19H,3-11H2,1-2H3,(H2,16,17). The normalized spacial score (nSPS) is 29.5. The van der Waals surface area contributed by atoms with Gasteiger partial charge in [0.15, 0.2) is 0 Å². The van der Waals surface area contributed by atoms with Crippen LogP contribution < -0.4 is 5.73 Å². The molecule has 1 aliphatic carbocycles. The fraction of sp³-hybridized carbons (Fsp3) is 0.933. The summed E-state index contributed by atoms with van der Waals surface area (Å²) in [7, 11) is 0. The Morgan fingerprint density at radius 1 is 1.32 bits per heavy atom. The molecular weight excluding hydrogens is 238 g/mol. The Kier molecular flexibility index (Phi) is 4.71. The number of fused-ring (bicyclic) bond motifs is 1. The highest BCUT2D eigenvalue weighted by atomic mass is 16.4. The van der Waals surface area contributed by atoms with E-state index in [4.69, 9.17) is 10.9 Å². The summed E-state index contributed by atoms with van der Waals surface area (Å²) >= 11 is 0. The fourth-order valence-electron chi connectivity index (χ4n) is 3.77. The molecule has 2 unspecified atom stereocenters. The Bertz CT molecular complexity index is 327. The van der Waals surface area contributed by atoms with Crippen LogP contribution in [0, 0.1) is 11.3 Å². The molecule has 4 nitrogen and oxygen atoms in total. The molecule has 2 atom stereocenters. The monoisotopic (exact) mass is 267 g/mol. The molecule has 0 radical (unpaired) electrons. The van der Waals surface area contributed by atoms with Crippen molar-refractivity contribution in [2.24, 2.45) is 22.2 Å². The van der Waals surface area contributed by atoms with E-state index in [2.05, 4.69) is 23.9 Å². The fourth-order valence-corrected chi connectivity index (χ4v) is 3.77. The Hall–Kier alpha value is -0.770. The van der Waals surface area contributed by atoms with Crippen LogP contribution in [0.5, 0.6) is 0 Å². The second-order valence-electron chi connectivity index (χ2n) is 6.91. The van der Waals surface area contributed by atoms with Crippen LogP contribution in [0.4, 0.5) is 0 Å². The van der Waals surface area contributed by atoms with Crippen molar-refractivity contribution in [2.75, 3.05) is 13.1 Å². The molecule has 4 heteroatoms. The van der Waals surface area contributed by atoms with Gasteiger partial charge in [-0.05, 0) is 51.1 Å². The minimum Gasteiger partial charge on any atom is -0.409 e. The number of rotatable bonds is 5.